The molecule has 1 amide bonds. The molecule has 0 bridgehead atoms. The fraction of sp³-hybridized carbons (Fsp3) is 0. The SMILES string of the molecule is NC(=O)/C(=C\c1ccc([N+](=O)[O-])o1)c1ccco1. The normalized spacial score (nSPS) is 11.4. The van der Waals surface area contributed by atoms with Crippen LogP contribution >= 0.6 is 0 Å². The Bertz CT molecular complexity index is 609. The second-order valence-corrected chi connectivity index (χ2v) is 3.33. The van der Waals surface area contributed by atoms with Crippen LogP contribution in [-0.2, 0) is 4.79 Å². The first-order valence-electron chi connectivity index (χ1n) is 4.87. The lowest BCUT2D eigenvalue weighted by Crippen LogP contribution is -2.12. The molecule has 92 valence electrons. The largest absolute Gasteiger partial charge is 0.464 e. The molecule has 7 heteroatoms. The molecule has 0 atom stereocenters. The van der Waals surface area contributed by atoms with Crippen molar-refractivity contribution >= 4 is 23.4 Å². The Kier molecular flexibility index (Phi) is 2.96. The van der Waals surface area contributed by atoms with Gasteiger partial charge in [0.15, 0.2) is 0 Å². The van der Waals surface area contributed by atoms with Crippen LogP contribution in [-0.4, -0.2) is 10.8 Å². The average molecular weight is 248 g/mol. The lowest BCUT2D eigenvalue weighted by molar-refractivity contribution is -0.402. The first-order valence-corrected chi connectivity index (χ1v) is 4.87. The fourth-order valence-electron chi connectivity index (χ4n) is 1.36. The Labute approximate surface area is 101 Å². The first kappa shape index (κ1) is 11.6. The van der Waals surface area contributed by atoms with Crippen molar-refractivity contribution in [2.45, 2.75) is 0 Å². The van der Waals surface area contributed by atoms with E-state index in [1.54, 1.807) is 12.1 Å². The van der Waals surface area contributed by atoms with E-state index in [4.69, 9.17) is 14.6 Å². The lowest BCUT2D eigenvalue weighted by Gasteiger charge is -1.97. The molecule has 2 aromatic rings. The van der Waals surface area contributed by atoms with E-state index in [9.17, 15) is 14.9 Å². The van der Waals surface area contributed by atoms with Crippen molar-refractivity contribution < 1.29 is 18.6 Å². The molecule has 0 aromatic carbocycles. The molecule has 0 unspecified atom stereocenters. The Morgan fingerprint density at radius 3 is 2.67 bits per heavy atom. The van der Waals surface area contributed by atoms with Crippen LogP contribution in [0.4, 0.5) is 5.88 Å². The third-order valence-corrected chi connectivity index (χ3v) is 2.13. The topological polar surface area (TPSA) is 113 Å². The summed E-state index contributed by atoms with van der Waals surface area (Å²) in [4.78, 5) is 21.0. The third-order valence-electron chi connectivity index (χ3n) is 2.13. The van der Waals surface area contributed by atoms with Crippen LogP contribution in [0.2, 0.25) is 0 Å². The Morgan fingerprint density at radius 1 is 1.39 bits per heavy atom. The van der Waals surface area contributed by atoms with Crippen LogP contribution in [0, 0.1) is 10.1 Å². The predicted molar refractivity (Wildman–Crippen MR) is 61.1 cm³/mol. The zero-order valence-electron chi connectivity index (χ0n) is 9.03. The van der Waals surface area contributed by atoms with Crippen LogP contribution in [0.15, 0.2) is 39.4 Å². The highest BCUT2D eigenvalue weighted by Crippen LogP contribution is 2.22. The summed E-state index contributed by atoms with van der Waals surface area (Å²) in [5.41, 5.74) is 5.27. The van der Waals surface area contributed by atoms with Gasteiger partial charge in [0.05, 0.1) is 17.9 Å². The molecule has 2 N–H and O–H groups in total. The van der Waals surface area contributed by atoms with Crippen molar-refractivity contribution in [1.29, 1.82) is 0 Å². The Hall–Kier alpha value is -2.83. The highest BCUT2D eigenvalue weighted by atomic mass is 16.6. The van der Waals surface area contributed by atoms with Crippen molar-refractivity contribution in [1.82, 2.24) is 0 Å². The van der Waals surface area contributed by atoms with Gasteiger partial charge in [-0.15, -0.1) is 0 Å². The molecule has 0 saturated heterocycles. The van der Waals surface area contributed by atoms with Gasteiger partial charge in [0.1, 0.15) is 16.4 Å². The summed E-state index contributed by atoms with van der Waals surface area (Å²) in [7, 11) is 0. The monoisotopic (exact) mass is 248 g/mol. The predicted octanol–water partition coefficient (Wildman–Crippen LogP) is 1.81. The second-order valence-electron chi connectivity index (χ2n) is 3.33. The van der Waals surface area contributed by atoms with Gasteiger partial charge in [0.25, 0.3) is 5.91 Å². The number of amides is 1. The van der Waals surface area contributed by atoms with E-state index in [0.717, 1.165) is 0 Å². The average Bonchev–Trinajstić information content (AvgIpc) is 2.96. The summed E-state index contributed by atoms with van der Waals surface area (Å²) in [5, 5.41) is 10.4. The fourth-order valence-corrected chi connectivity index (χ4v) is 1.36. The molecule has 0 aliphatic heterocycles. The molecule has 0 spiro atoms. The van der Waals surface area contributed by atoms with Gasteiger partial charge in [0.2, 0.25) is 0 Å². The molecular weight excluding hydrogens is 240 g/mol. The number of furan rings is 2. The van der Waals surface area contributed by atoms with E-state index in [-0.39, 0.29) is 17.1 Å². The number of primary amides is 1. The second kappa shape index (κ2) is 4.58. The zero-order valence-corrected chi connectivity index (χ0v) is 9.03. The van der Waals surface area contributed by atoms with Crippen molar-refractivity contribution in [3.05, 3.63) is 52.2 Å². The van der Waals surface area contributed by atoms with Gasteiger partial charge in [0, 0.05) is 0 Å². The lowest BCUT2D eigenvalue weighted by atomic mass is 10.1. The van der Waals surface area contributed by atoms with Crippen LogP contribution in [0.5, 0.6) is 0 Å². The van der Waals surface area contributed by atoms with Crippen molar-refractivity contribution in [2.75, 3.05) is 0 Å². The maximum absolute atomic E-state index is 11.3. The van der Waals surface area contributed by atoms with E-state index in [0.29, 0.717) is 0 Å². The number of carbonyl (C=O) groups is 1. The highest BCUT2D eigenvalue weighted by Gasteiger charge is 2.15. The van der Waals surface area contributed by atoms with Gasteiger partial charge >= 0.3 is 5.88 Å². The molecule has 18 heavy (non-hydrogen) atoms. The zero-order chi connectivity index (χ0) is 13.1. The van der Waals surface area contributed by atoms with E-state index in [1.807, 2.05) is 0 Å². The first-order chi connectivity index (χ1) is 8.58. The number of nitrogens with zero attached hydrogens (tertiary/aromatic N) is 1. The third kappa shape index (κ3) is 2.29. The van der Waals surface area contributed by atoms with Gasteiger partial charge in [-0.05, 0) is 24.3 Å². The molecule has 0 radical (unpaired) electrons. The molecule has 2 heterocycles. The molecule has 0 saturated carbocycles. The molecule has 0 aliphatic rings. The van der Waals surface area contributed by atoms with Crippen LogP contribution < -0.4 is 5.73 Å². The number of rotatable bonds is 4. The van der Waals surface area contributed by atoms with Gasteiger partial charge < -0.3 is 14.6 Å². The number of carbonyl (C=O) groups excluding carboxylic acids is 1. The van der Waals surface area contributed by atoms with Crippen LogP contribution in [0.25, 0.3) is 11.6 Å². The van der Waals surface area contributed by atoms with Crippen LogP contribution in [0.3, 0.4) is 0 Å². The van der Waals surface area contributed by atoms with Gasteiger partial charge in [-0.25, -0.2) is 0 Å². The van der Waals surface area contributed by atoms with Gasteiger partial charge in [-0.3, -0.25) is 14.9 Å². The molecule has 7 nitrogen and oxygen atoms in total. The molecule has 0 aliphatic carbocycles. The summed E-state index contributed by atoms with van der Waals surface area (Å²) in [6.07, 6.45) is 2.67. The smallest absolute Gasteiger partial charge is 0.433 e. The number of nitrogens with two attached hydrogens (primary N) is 1. The van der Waals surface area contributed by atoms with E-state index in [1.165, 1.54) is 24.5 Å². The minimum absolute atomic E-state index is 0.0734. The molecular formula is C11H8N2O5. The standard InChI is InChI=1S/C11H8N2O5/c12-11(14)8(9-2-1-5-17-9)6-7-3-4-10(18-7)13(15)16/h1-6H,(H2,12,14)/b8-6-. The van der Waals surface area contributed by atoms with Gasteiger partial charge in [-0.2, -0.15) is 0 Å². The summed E-state index contributed by atoms with van der Waals surface area (Å²) in [6.45, 7) is 0. The Balaban J connectivity index is 2.39. The number of hydrogen-bond donors (Lipinski definition) is 1. The minimum Gasteiger partial charge on any atom is -0.464 e. The van der Waals surface area contributed by atoms with Crippen molar-refractivity contribution in [2.24, 2.45) is 5.73 Å². The minimum atomic E-state index is -0.719. The molecule has 2 aromatic heterocycles. The summed E-state index contributed by atoms with van der Waals surface area (Å²) < 4.78 is 9.94. The highest BCUT2D eigenvalue weighted by molar-refractivity contribution is 6.22. The maximum Gasteiger partial charge on any atom is 0.433 e. The number of nitro groups is 1. The van der Waals surface area contributed by atoms with E-state index >= 15 is 0 Å². The summed E-state index contributed by atoms with van der Waals surface area (Å²) in [5.74, 6) is -0.720. The molecule has 2 rings (SSSR count). The van der Waals surface area contributed by atoms with E-state index in [2.05, 4.69) is 0 Å². The van der Waals surface area contributed by atoms with Crippen molar-refractivity contribution in [3.63, 3.8) is 0 Å². The van der Waals surface area contributed by atoms with E-state index < -0.39 is 16.7 Å². The maximum atomic E-state index is 11.3. The summed E-state index contributed by atoms with van der Waals surface area (Å²) in [6, 6.07) is 5.70. The van der Waals surface area contributed by atoms with Crippen molar-refractivity contribution in [3.8, 4) is 0 Å². The van der Waals surface area contributed by atoms with Gasteiger partial charge in [-0.1, -0.05) is 0 Å². The Morgan fingerprint density at radius 2 is 2.17 bits per heavy atom. The number of hydrogen-bond acceptors (Lipinski definition) is 5. The quantitative estimate of drug-likeness (QED) is 0.503. The summed E-state index contributed by atoms with van der Waals surface area (Å²) >= 11 is 0. The van der Waals surface area contributed by atoms with Crippen LogP contribution in [0.1, 0.15) is 11.5 Å². The molecule has 0 fully saturated rings.